The van der Waals surface area contributed by atoms with Crippen molar-refractivity contribution in [2.75, 3.05) is 65.6 Å². The summed E-state index contributed by atoms with van der Waals surface area (Å²) in [4.78, 5) is 8.12. The Labute approximate surface area is 324 Å². The standard InChI is InChI=1S/C25H48N4O4S12/c1-9-26(10-2)20(34)39-38-19(32)24(17-30,18-31)25(43-40-21(35)27(11-3)12-4,44-41-22(36)28(13-5)14-6)33-45-42-23(37)29(15-7)16-8/h19,30-32H,9-18H2,1-8H3. The summed E-state index contributed by atoms with van der Waals surface area (Å²) in [5.41, 5.74) is -2.92. The van der Waals surface area contributed by atoms with Crippen LogP contribution in [0.5, 0.6) is 0 Å². The highest BCUT2D eigenvalue weighted by Gasteiger charge is 2.60. The van der Waals surface area contributed by atoms with Crippen molar-refractivity contribution in [3.8, 4) is 0 Å². The number of hydrogen-bond donors (Lipinski definition) is 3. The zero-order valence-electron chi connectivity index (χ0n) is 27.1. The van der Waals surface area contributed by atoms with Gasteiger partial charge in [-0.15, -0.1) is 0 Å². The Hall–Kier alpha value is 2.20. The molecular formula is C25H48N4O4S12. The van der Waals surface area contributed by atoms with Gasteiger partial charge in [0, 0.05) is 63.2 Å². The van der Waals surface area contributed by atoms with Crippen molar-refractivity contribution in [3.63, 3.8) is 0 Å². The predicted octanol–water partition coefficient (Wildman–Crippen LogP) is 7.89. The third-order valence-corrected chi connectivity index (χ3v) is 20.6. The fourth-order valence-electron chi connectivity index (χ4n) is 3.43. The number of aliphatic hydroxyl groups is 3. The van der Waals surface area contributed by atoms with Gasteiger partial charge < -0.3 is 34.9 Å². The molecule has 0 bridgehead atoms. The molecule has 45 heavy (non-hydrogen) atoms. The van der Waals surface area contributed by atoms with Crippen molar-refractivity contribution in [1.82, 2.24) is 19.6 Å². The molecule has 8 nitrogen and oxygen atoms in total. The lowest BCUT2D eigenvalue weighted by Gasteiger charge is -2.47. The molecule has 20 heteroatoms. The molecule has 0 aromatic heterocycles. The monoisotopic (exact) mass is 852 g/mol. The molecule has 1 atom stereocenters. The van der Waals surface area contributed by atoms with Crippen LogP contribution in [0.4, 0.5) is 0 Å². The van der Waals surface area contributed by atoms with Gasteiger partial charge in [0.2, 0.25) is 4.27 Å². The van der Waals surface area contributed by atoms with E-state index in [1.54, 1.807) is 0 Å². The minimum Gasteiger partial charge on any atom is -0.395 e. The lowest BCUT2D eigenvalue weighted by atomic mass is 9.91. The van der Waals surface area contributed by atoms with Gasteiger partial charge >= 0.3 is 0 Å². The molecule has 0 spiro atoms. The largest absolute Gasteiger partial charge is 0.395 e. The van der Waals surface area contributed by atoms with Gasteiger partial charge in [0.15, 0.2) is 0 Å². The second-order valence-corrected chi connectivity index (χ2v) is 20.3. The van der Waals surface area contributed by atoms with E-state index in [1.807, 2.05) is 75.0 Å². The van der Waals surface area contributed by atoms with Gasteiger partial charge in [0.25, 0.3) is 0 Å². The van der Waals surface area contributed by atoms with Crippen LogP contribution in [0.3, 0.4) is 0 Å². The van der Waals surface area contributed by atoms with E-state index in [9.17, 15) is 15.3 Å². The molecule has 264 valence electrons. The normalized spacial score (nSPS) is 12.5. The molecule has 0 saturated carbocycles. The summed E-state index contributed by atoms with van der Waals surface area (Å²) in [5, 5.41) is 34.1. The summed E-state index contributed by atoms with van der Waals surface area (Å²) < 4.78 is 7.64. The Morgan fingerprint density at radius 2 is 0.889 bits per heavy atom. The van der Waals surface area contributed by atoms with Gasteiger partial charge in [0.05, 0.1) is 24.3 Å². The zero-order chi connectivity index (χ0) is 34.6. The minimum atomic E-state index is -1.61. The highest BCUT2D eigenvalue weighted by Crippen LogP contribution is 2.64. The van der Waals surface area contributed by atoms with Crippen molar-refractivity contribution >= 4 is 153 Å². The third kappa shape index (κ3) is 14.4. The van der Waals surface area contributed by atoms with E-state index in [1.165, 1.54) is 64.8 Å². The molecule has 0 aliphatic rings. The summed E-state index contributed by atoms with van der Waals surface area (Å²) in [6.45, 7) is 20.8. The van der Waals surface area contributed by atoms with Crippen LogP contribution in [-0.2, 0) is 4.18 Å². The van der Waals surface area contributed by atoms with Crippen LogP contribution in [0.25, 0.3) is 0 Å². The molecule has 0 heterocycles. The molecule has 0 saturated heterocycles. The van der Waals surface area contributed by atoms with Gasteiger partial charge in [-0.1, -0.05) is 59.7 Å². The Balaban J connectivity index is 6.90. The van der Waals surface area contributed by atoms with Gasteiger partial charge in [-0.3, -0.25) is 4.18 Å². The lowest BCUT2D eigenvalue weighted by molar-refractivity contribution is -0.0591. The maximum Gasteiger partial charge on any atom is 0.208 e. The first-order valence-corrected chi connectivity index (χ1v) is 24.8. The highest BCUT2D eigenvalue weighted by molar-refractivity contribution is 8.92. The van der Waals surface area contributed by atoms with E-state index in [-0.39, 0.29) is 0 Å². The Kier molecular flexibility index (Phi) is 27.3. The summed E-state index contributed by atoms with van der Waals surface area (Å²) in [7, 11) is 8.70. The van der Waals surface area contributed by atoms with E-state index in [0.29, 0.717) is 17.3 Å². The Morgan fingerprint density at radius 3 is 1.20 bits per heavy atom. The second-order valence-electron chi connectivity index (χ2n) is 8.88. The first-order chi connectivity index (χ1) is 21.4. The molecule has 0 aliphatic heterocycles. The SMILES string of the molecule is CCN(CC)C(=S)SSOC(SSC(=S)N(CC)CC)(SSC(=S)N(CC)CC)C(CO)(CO)C(O)SSC(=S)N(CC)CC. The van der Waals surface area contributed by atoms with Crippen LogP contribution < -0.4 is 0 Å². The maximum atomic E-state index is 11.9. The number of thiocarbonyl (C=S) groups is 4. The Morgan fingerprint density at radius 1 is 0.578 bits per heavy atom. The molecule has 0 rings (SSSR count). The van der Waals surface area contributed by atoms with Crippen LogP contribution in [0.2, 0.25) is 0 Å². The van der Waals surface area contributed by atoms with E-state index >= 15 is 0 Å². The second kappa shape index (κ2) is 26.0. The minimum absolute atomic E-state index is 0.598. The molecule has 1 unspecified atom stereocenters. The van der Waals surface area contributed by atoms with Crippen LogP contribution in [-0.4, -0.2) is 127 Å². The smallest absolute Gasteiger partial charge is 0.208 e. The zero-order valence-corrected chi connectivity index (χ0v) is 36.9. The molecule has 0 amide bonds. The third-order valence-electron chi connectivity index (χ3n) is 6.64. The van der Waals surface area contributed by atoms with Crippen molar-refractivity contribution in [2.45, 2.75) is 65.1 Å². The van der Waals surface area contributed by atoms with Crippen LogP contribution in [0.15, 0.2) is 0 Å². The fraction of sp³-hybridized carbons (Fsp3) is 0.840. The van der Waals surface area contributed by atoms with Gasteiger partial charge in [-0.2, -0.15) is 0 Å². The van der Waals surface area contributed by atoms with Crippen LogP contribution >= 0.6 is 136 Å². The molecule has 0 aromatic rings. The first-order valence-electron chi connectivity index (χ1n) is 14.5. The van der Waals surface area contributed by atoms with Crippen molar-refractivity contribution in [2.24, 2.45) is 5.41 Å². The topological polar surface area (TPSA) is 82.9 Å². The number of rotatable bonds is 21. The van der Waals surface area contributed by atoms with E-state index in [0.717, 1.165) is 74.2 Å². The number of hydrogen-bond acceptors (Lipinski definition) is 16. The molecule has 0 aliphatic carbocycles. The van der Waals surface area contributed by atoms with E-state index in [4.69, 9.17) is 53.1 Å². The van der Waals surface area contributed by atoms with Crippen molar-refractivity contribution in [3.05, 3.63) is 0 Å². The van der Waals surface area contributed by atoms with Crippen molar-refractivity contribution < 1.29 is 19.5 Å². The summed E-state index contributed by atoms with van der Waals surface area (Å²) >= 11 is 23.9. The molecule has 0 aromatic carbocycles. The molecule has 0 fully saturated rings. The maximum absolute atomic E-state index is 11.9. The van der Waals surface area contributed by atoms with Gasteiger partial charge in [-0.25, -0.2) is 0 Å². The van der Waals surface area contributed by atoms with Gasteiger partial charge in [0.1, 0.15) is 28.1 Å². The summed E-state index contributed by atoms with van der Waals surface area (Å²) in [5.74, 6) is 0. The van der Waals surface area contributed by atoms with Gasteiger partial charge in [-0.05, 0) is 109 Å². The predicted molar refractivity (Wildman–Crippen MR) is 229 cm³/mol. The average Bonchev–Trinajstić information content (AvgIpc) is 3.04. The Bertz CT molecular complexity index is 862. The van der Waals surface area contributed by atoms with E-state index in [2.05, 4.69) is 0 Å². The average molecular weight is 853 g/mol. The van der Waals surface area contributed by atoms with Crippen molar-refractivity contribution in [1.29, 1.82) is 0 Å². The fourth-order valence-corrected chi connectivity index (χ4v) is 17.4. The number of aliphatic hydroxyl groups excluding tert-OH is 3. The molecular weight excluding hydrogens is 805 g/mol. The highest BCUT2D eigenvalue weighted by atomic mass is 33.1. The van der Waals surface area contributed by atoms with E-state index < -0.39 is 28.3 Å². The lowest BCUT2D eigenvalue weighted by Crippen LogP contribution is -2.55. The van der Waals surface area contributed by atoms with Crippen LogP contribution in [0, 0.1) is 5.41 Å². The summed E-state index contributed by atoms with van der Waals surface area (Å²) in [6, 6.07) is 0. The molecule has 3 N–H and O–H groups in total. The quantitative estimate of drug-likeness (QED) is 0.0453. The molecule has 0 radical (unpaired) electrons. The first kappa shape index (κ1) is 47.2. The number of nitrogens with zero attached hydrogens (tertiary/aromatic N) is 4. The summed E-state index contributed by atoms with van der Waals surface area (Å²) in [6.07, 6.45) is 0. The van der Waals surface area contributed by atoms with Crippen LogP contribution in [0.1, 0.15) is 55.4 Å².